The predicted molar refractivity (Wildman–Crippen MR) is 120 cm³/mol. The molecule has 1 N–H and O–H groups in total. The molecule has 30 heavy (non-hydrogen) atoms. The second kappa shape index (κ2) is 6.91. The molecule has 0 saturated heterocycles. The summed E-state index contributed by atoms with van der Waals surface area (Å²) in [5.41, 5.74) is 0.170. The van der Waals surface area contributed by atoms with E-state index in [0.29, 0.717) is 25.0 Å². The van der Waals surface area contributed by atoms with Gasteiger partial charge in [0.25, 0.3) is 0 Å². The van der Waals surface area contributed by atoms with Gasteiger partial charge in [-0.25, -0.2) is 4.39 Å². The largest absolute Gasteiger partial charge is 0.544 e. The molecule has 0 heterocycles. The number of aliphatic hydroxyl groups is 1. The first kappa shape index (κ1) is 22.0. The number of ketones is 1. The zero-order valence-electron chi connectivity index (χ0n) is 18.5. The molecule has 0 aromatic carbocycles. The van der Waals surface area contributed by atoms with Crippen LogP contribution in [0.4, 0.5) is 4.39 Å². The first-order chi connectivity index (χ1) is 13.9. The third kappa shape index (κ3) is 2.95. The predicted octanol–water partition coefficient (Wildman–Crippen LogP) is 5.83. The van der Waals surface area contributed by atoms with E-state index < -0.39 is 30.9 Å². The molecular weight excluding hydrogens is 419 g/mol. The highest BCUT2D eigenvalue weighted by molar-refractivity contribution is 6.70. The topological polar surface area (TPSA) is 46.5 Å². The standard InChI is InChI=1S/C24H32ClFO3Si/c1-22-13-21(28)24(26)18(7-6-15-12-16(27)10-11-23(15,24)2)17(22)8-9-19(22)20(14-25)29-30(3,4)5/h9-12,14,17-18,21,28H,6-8,13H2,1-5H3/b20-14-/t17-,18-,21-,22-,23-,24-/m0/s1. The summed E-state index contributed by atoms with van der Waals surface area (Å²) >= 11 is 6.18. The molecule has 6 atom stereocenters. The highest BCUT2D eigenvalue weighted by Gasteiger charge is 2.69. The monoisotopic (exact) mass is 450 g/mol. The minimum absolute atomic E-state index is 0.0576. The molecule has 4 rings (SSSR count). The number of hydrogen-bond donors (Lipinski definition) is 1. The number of aliphatic hydroxyl groups excluding tert-OH is 1. The van der Waals surface area contributed by atoms with Crippen LogP contribution in [0, 0.1) is 22.7 Å². The third-order valence-corrected chi connectivity index (χ3v) is 9.03. The maximum absolute atomic E-state index is 17.0. The molecule has 3 nitrogen and oxygen atoms in total. The van der Waals surface area contributed by atoms with Gasteiger partial charge in [-0.15, -0.1) is 0 Å². The van der Waals surface area contributed by atoms with Crippen LogP contribution < -0.4 is 0 Å². The maximum Gasteiger partial charge on any atom is 0.242 e. The van der Waals surface area contributed by atoms with E-state index in [2.05, 4.69) is 32.6 Å². The SMILES string of the molecule is C[C@]12C=CC(=O)C=C1CC[C@H]1[C@@H]3CC=C(/C(=C/Cl)O[Si](C)(C)C)[C@@]3(C)C[C@H](O)[C@@]12F. The molecule has 0 unspecified atom stereocenters. The summed E-state index contributed by atoms with van der Waals surface area (Å²) in [6.45, 7) is 10.3. The zero-order chi connectivity index (χ0) is 22.1. The minimum atomic E-state index is -1.89. The van der Waals surface area contributed by atoms with Gasteiger partial charge < -0.3 is 9.53 Å². The molecular formula is C24H32ClFO3Si. The molecule has 0 amide bonds. The minimum Gasteiger partial charge on any atom is -0.544 e. The van der Waals surface area contributed by atoms with Crippen molar-refractivity contribution in [1.82, 2.24) is 0 Å². The fourth-order valence-electron chi connectivity index (χ4n) is 6.63. The second-order valence-electron chi connectivity index (χ2n) is 10.8. The van der Waals surface area contributed by atoms with E-state index in [1.807, 2.05) is 6.92 Å². The highest BCUT2D eigenvalue weighted by Crippen LogP contribution is 2.68. The lowest BCUT2D eigenvalue weighted by Gasteiger charge is -2.61. The van der Waals surface area contributed by atoms with Gasteiger partial charge in [-0.3, -0.25) is 4.79 Å². The van der Waals surface area contributed by atoms with Crippen molar-refractivity contribution in [3.05, 3.63) is 46.7 Å². The van der Waals surface area contributed by atoms with Crippen LogP contribution >= 0.6 is 11.6 Å². The second-order valence-corrected chi connectivity index (χ2v) is 15.5. The van der Waals surface area contributed by atoms with Crippen molar-refractivity contribution in [3.63, 3.8) is 0 Å². The molecule has 0 aromatic heterocycles. The van der Waals surface area contributed by atoms with E-state index >= 15 is 4.39 Å². The van der Waals surface area contributed by atoms with E-state index in [4.69, 9.17) is 16.0 Å². The Morgan fingerprint density at radius 3 is 2.67 bits per heavy atom. The smallest absolute Gasteiger partial charge is 0.242 e. The molecule has 2 saturated carbocycles. The summed E-state index contributed by atoms with van der Waals surface area (Å²) in [5.74, 6) is 0.334. The van der Waals surface area contributed by atoms with Crippen LogP contribution in [0.3, 0.4) is 0 Å². The van der Waals surface area contributed by atoms with Crippen LogP contribution in [0.1, 0.15) is 39.5 Å². The Balaban J connectivity index is 1.73. The first-order valence-electron chi connectivity index (χ1n) is 10.9. The quantitative estimate of drug-likeness (QED) is 0.435. The molecule has 0 aromatic rings. The normalized spacial score (nSPS) is 43.4. The number of hydrogen-bond acceptors (Lipinski definition) is 3. The van der Waals surface area contributed by atoms with E-state index in [-0.39, 0.29) is 17.6 Å². The van der Waals surface area contributed by atoms with Gasteiger partial charge in [0.2, 0.25) is 8.32 Å². The van der Waals surface area contributed by atoms with Gasteiger partial charge in [0.05, 0.1) is 6.10 Å². The fourth-order valence-corrected chi connectivity index (χ4v) is 7.70. The molecule has 0 spiro atoms. The summed E-state index contributed by atoms with van der Waals surface area (Å²) in [5, 5.41) is 11.3. The zero-order valence-corrected chi connectivity index (χ0v) is 20.2. The van der Waals surface area contributed by atoms with Crippen molar-refractivity contribution in [1.29, 1.82) is 0 Å². The van der Waals surface area contributed by atoms with Crippen molar-refractivity contribution in [2.45, 2.75) is 70.9 Å². The molecule has 0 bridgehead atoms. The van der Waals surface area contributed by atoms with Crippen molar-refractivity contribution < 1.29 is 18.7 Å². The van der Waals surface area contributed by atoms with Crippen molar-refractivity contribution in [3.8, 4) is 0 Å². The number of halogens is 2. The van der Waals surface area contributed by atoms with Gasteiger partial charge in [-0.05, 0) is 75.9 Å². The van der Waals surface area contributed by atoms with Crippen molar-refractivity contribution in [2.75, 3.05) is 0 Å². The Bertz CT molecular complexity index is 901. The van der Waals surface area contributed by atoms with Gasteiger partial charge in [-0.1, -0.05) is 36.2 Å². The number of rotatable bonds is 3. The van der Waals surface area contributed by atoms with E-state index in [9.17, 15) is 9.90 Å². The number of carbonyl (C=O) groups excluding carboxylic acids is 1. The first-order valence-corrected chi connectivity index (χ1v) is 14.7. The molecule has 0 aliphatic heterocycles. The number of fused-ring (bicyclic) bond motifs is 5. The lowest BCUT2D eigenvalue weighted by molar-refractivity contribution is -0.185. The Morgan fingerprint density at radius 2 is 2.03 bits per heavy atom. The van der Waals surface area contributed by atoms with Crippen molar-refractivity contribution >= 4 is 25.7 Å². The van der Waals surface area contributed by atoms with Crippen LogP contribution in [0.2, 0.25) is 19.6 Å². The number of carbonyl (C=O) groups is 1. The highest BCUT2D eigenvalue weighted by atomic mass is 35.5. The lowest BCUT2D eigenvalue weighted by Crippen LogP contribution is -2.66. The molecule has 164 valence electrons. The van der Waals surface area contributed by atoms with Crippen LogP contribution in [0.15, 0.2) is 46.7 Å². The van der Waals surface area contributed by atoms with E-state index in [0.717, 1.165) is 17.6 Å². The summed E-state index contributed by atoms with van der Waals surface area (Å²) in [6, 6.07) is 0. The Kier molecular flexibility index (Phi) is 5.08. The average molecular weight is 451 g/mol. The average Bonchev–Trinajstić information content (AvgIpc) is 2.97. The third-order valence-electron chi connectivity index (χ3n) is 8.00. The molecule has 2 fully saturated rings. The van der Waals surface area contributed by atoms with E-state index in [1.165, 1.54) is 11.6 Å². The van der Waals surface area contributed by atoms with Gasteiger partial charge in [0, 0.05) is 22.3 Å². The molecule has 4 aliphatic carbocycles. The Hall–Kier alpha value is -1.17. The summed E-state index contributed by atoms with van der Waals surface area (Å²) in [4.78, 5) is 11.9. The van der Waals surface area contributed by atoms with Crippen LogP contribution in [0.25, 0.3) is 0 Å². The molecule has 6 heteroatoms. The number of allylic oxidation sites excluding steroid dienone is 6. The molecule has 4 aliphatic rings. The fraction of sp³-hybridized carbons (Fsp3) is 0.625. The molecule has 0 radical (unpaired) electrons. The summed E-state index contributed by atoms with van der Waals surface area (Å²) < 4.78 is 23.3. The lowest BCUT2D eigenvalue weighted by atomic mass is 9.45. The van der Waals surface area contributed by atoms with Crippen LogP contribution in [-0.2, 0) is 9.22 Å². The van der Waals surface area contributed by atoms with Crippen LogP contribution in [-0.4, -0.2) is 31.0 Å². The van der Waals surface area contributed by atoms with Gasteiger partial charge in [-0.2, -0.15) is 0 Å². The maximum atomic E-state index is 17.0. The number of alkyl halides is 1. The Morgan fingerprint density at radius 1 is 1.33 bits per heavy atom. The van der Waals surface area contributed by atoms with Gasteiger partial charge in [0.1, 0.15) is 5.76 Å². The summed E-state index contributed by atoms with van der Waals surface area (Å²) in [7, 11) is -1.89. The van der Waals surface area contributed by atoms with Gasteiger partial charge in [0.15, 0.2) is 11.5 Å². The van der Waals surface area contributed by atoms with E-state index in [1.54, 1.807) is 12.2 Å². The van der Waals surface area contributed by atoms with Crippen LogP contribution in [0.5, 0.6) is 0 Å². The van der Waals surface area contributed by atoms with Gasteiger partial charge >= 0.3 is 0 Å². The summed E-state index contributed by atoms with van der Waals surface area (Å²) in [6.07, 6.45) is 8.11. The van der Waals surface area contributed by atoms with Crippen molar-refractivity contribution in [2.24, 2.45) is 22.7 Å². The Labute approximate surface area is 184 Å².